The largest absolute Gasteiger partial charge is 0.366 e. The van der Waals surface area contributed by atoms with E-state index in [0.29, 0.717) is 6.54 Å². The van der Waals surface area contributed by atoms with Crippen molar-refractivity contribution in [3.63, 3.8) is 0 Å². The molecule has 0 aliphatic heterocycles. The molecule has 0 radical (unpaired) electrons. The van der Waals surface area contributed by atoms with Gasteiger partial charge in [0.05, 0.1) is 16.4 Å². The number of anilines is 1. The number of halogens is 1. The molecule has 1 aromatic carbocycles. The Morgan fingerprint density at radius 2 is 1.96 bits per heavy atom. The average molecular weight is 408 g/mol. The lowest BCUT2D eigenvalue weighted by molar-refractivity contribution is 0.844. The van der Waals surface area contributed by atoms with Crippen LogP contribution in [0.25, 0.3) is 5.65 Å². The SMILES string of the molecule is CC(c1ccccc1)c1cc(NCc2cccnc2)n2ncc(Br)c2n1. The Morgan fingerprint density at radius 3 is 2.73 bits per heavy atom. The fourth-order valence-electron chi connectivity index (χ4n) is 2.91. The summed E-state index contributed by atoms with van der Waals surface area (Å²) in [6.45, 7) is 2.84. The van der Waals surface area contributed by atoms with Crippen molar-refractivity contribution in [3.8, 4) is 0 Å². The van der Waals surface area contributed by atoms with E-state index in [1.807, 2.05) is 28.9 Å². The summed E-state index contributed by atoms with van der Waals surface area (Å²) in [5, 5.41) is 7.90. The molecule has 1 N–H and O–H groups in total. The first-order chi connectivity index (χ1) is 12.7. The predicted molar refractivity (Wildman–Crippen MR) is 106 cm³/mol. The number of nitrogens with one attached hydrogen (secondary N) is 1. The molecule has 0 saturated carbocycles. The summed E-state index contributed by atoms with van der Waals surface area (Å²) in [7, 11) is 0. The van der Waals surface area contributed by atoms with E-state index in [0.717, 1.165) is 27.2 Å². The minimum absolute atomic E-state index is 0.182. The summed E-state index contributed by atoms with van der Waals surface area (Å²) in [6, 6.07) is 16.5. The Labute approximate surface area is 160 Å². The monoisotopic (exact) mass is 407 g/mol. The first kappa shape index (κ1) is 16.7. The Bertz CT molecular complexity index is 1010. The van der Waals surface area contributed by atoms with Crippen molar-refractivity contribution in [1.82, 2.24) is 19.6 Å². The van der Waals surface area contributed by atoms with Crippen LogP contribution in [0, 0.1) is 0 Å². The molecule has 5 nitrogen and oxygen atoms in total. The van der Waals surface area contributed by atoms with Crippen LogP contribution in [0.5, 0.6) is 0 Å². The number of pyridine rings is 1. The van der Waals surface area contributed by atoms with Crippen molar-refractivity contribution < 1.29 is 0 Å². The van der Waals surface area contributed by atoms with E-state index >= 15 is 0 Å². The third-order valence-electron chi connectivity index (χ3n) is 4.39. The molecule has 0 aliphatic rings. The Balaban J connectivity index is 1.72. The van der Waals surface area contributed by atoms with Crippen LogP contribution in [0.4, 0.5) is 5.82 Å². The van der Waals surface area contributed by atoms with Gasteiger partial charge in [0, 0.05) is 30.9 Å². The van der Waals surface area contributed by atoms with E-state index in [1.165, 1.54) is 5.56 Å². The van der Waals surface area contributed by atoms with Gasteiger partial charge in [-0.3, -0.25) is 4.98 Å². The molecule has 1 unspecified atom stereocenters. The second-order valence-electron chi connectivity index (χ2n) is 6.14. The van der Waals surface area contributed by atoms with Crippen LogP contribution in [0.2, 0.25) is 0 Å². The molecule has 0 saturated heterocycles. The van der Waals surface area contributed by atoms with Crippen LogP contribution >= 0.6 is 15.9 Å². The zero-order chi connectivity index (χ0) is 17.9. The van der Waals surface area contributed by atoms with Crippen LogP contribution in [-0.2, 0) is 6.54 Å². The van der Waals surface area contributed by atoms with Gasteiger partial charge in [-0.05, 0) is 33.1 Å². The third-order valence-corrected chi connectivity index (χ3v) is 4.95. The first-order valence-corrected chi connectivity index (χ1v) is 9.23. The highest BCUT2D eigenvalue weighted by atomic mass is 79.9. The van der Waals surface area contributed by atoms with Gasteiger partial charge in [0.15, 0.2) is 5.65 Å². The molecule has 0 fully saturated rings. The Kier molecular flexibility index (Phi) is 4.67. The zero-order valence-corrected chi connectivity index (χ0v) is 15.9. The summed E-state index contributed by atoms with van der Waals surface area (Å²) in [6.07, 6.45) is 5.41. The molecule has 3 aromatic heterocycles. The minimum Gasteiger partial charge on any atom is -0.366 e. The summed E-state index contributed by atoms with van der Waals surface area (Å²) >= 11 is 3.55. The highest BCUT2D eigenvalue weighted by Gasteiger charge is 2.15. The van der Waals surface area contributed by atoms with Crippen molar-refractivity contribution >= 4 is 27.4 Å². The maximum Gasteiger partial charge on any atom is 0.171 e. The third kappa shape index (κ3) is 3.32. The summed E-state index contributed by atoms with van der Waals surface area (Å²) in [5.74, 6) is 1.09. The first-order valence-electron chi connectivity index (χ1n) is 8.44. The maximum atomic E-state index is 4.83. The lowest BCUT2D eigenvalue weighted by Crippen LogP contribution is -2.09. The zero-order valence-electron chi connectivity index (χ0n) is 14.3. The Morgan fingerprint density at radius 1 is 1.12 bits per heavy atom. The standard InChI is InChI=1S/C20H18BrN5/c1-14(16-7-3-2-4-8-16)18-10-19(23-12-15-6-5-9-22-11-15)26-20(25-18)17(21)13-24-26/h2-11,13-14,23H,12H2,1H3. The lowest BCUT2D eigenvalue weighted by atomic mass is 9.97. The van der Waals surface area contributed by atoms with E-state index < -0.39 is 0 Å². The summed E-state index contributed by atoms with van der Waals surface area (Å²) < 4.78 is 2.70. The van der Waals surface area contributed by atoms with Crippen molar-refractivity contribution in [3.05, 3.63) is 88.4 Å². The number of aromatic nitrogens is 4. The van der Waals surface area contributed by atoms with Gasteiger partial charge in [0.1, 0.15) is 5.82 Å². The van der Waals surface area contributed by atoms with Crippen LogP contribution in [0.3, 0.4) is 0 Å². The van der Waals surface area contributed by atoms with E-state index in [-0.39, 0.29) is 5.92 Å². The van der Waals surface area contributed by atoms with Gasteiger partial charge in [-0.25, -0.2) is 4.98 Å². The van der Waals surface area contributed by atoms with Gasteiger partial charge in [0.25, 0.3) is 0 Å². The fraction of sp³-hybridized carbons (Fsp3) is 0.150. The molecule has 3 heterocycles. The number of hydrogen-bond acceptors (Lipinski definition) is 4. The molecule has 4 rings (SSSR count). The molecule has 130 valence electrons. The van der Waals surface area contributed by atoms with Gasteiger partial charge in [-0.1, -0.05) is 43.3 Å². The molecule has 0 spiro atoms. The molecule has 26 heavy (non-hydrogen) atoms. The fourth-order valence-corrected chi connectivity index (χ4v) is 3.26. The van der Waals surface area contributed by atoms with Crippen LogP contribution in [0.1, 0.15) is 29.7 Å². The number of nitrogens with zero attached hydrogens (tertiary/aromatic N) is 4. The van der Waals surface area contributed by atoms with Gasteiger partial charge in [-0.2, -0.15) is 9.61 Å². The van der Waals surface area contributed by atoms with Gasteiger partial charge < -0.3 is 5.32 Å². The summed E-state index contributed by atoms with van der Waals surface area (Å²) in [5.41, 5.74) is 4.15. The molecule has 0 aliphatic carbocycles. The molecule has 6 heteroatoms. The van der Waals surface area contributed by atoms with Crippen molar-refractivity contribution in [2.75, 3.05) is 5.32 Å². The van der Waals surface area contributed by atoms with Crippen molar-refractivity contribution in [2.24, 2.45) is 0 Å². The highest BCUT2D eigenvalue weighted by molar-refractivity contribution is 9.10. The predicted octanol–water partition coefficient (Wildman–Crippen LogP) is 4.65. The molecular formula is C20H18BrN5. The molecule has 0 amide bonds. The summed E-state index contributed by atoms with van der Waals surface area (Å²) in [4.78, 5) is 8.99. The molecule has 4 aromatic rings. The van der Waals surface area contributed by atoms with Gasteiger partial charge >= 0.3 is 0 Å². The second-order valence-corrected chi connectivity index (χ2v) is 7.00. The van der Waals surface area contributed by atoms with Gasteiger partial charge in [-0.15, -0.1) is 0 Å². The smallest absolute Gasteiger partial charge is 0.171 e. The van der Waals surface area contributed by atoms with Crippen LogP contribution < -0.4 is 5.32 Å². The minimum atomic E-state index is 0.182. The maximum absolute atomic E-state index is 4.83. The van der Waals surface area contributed by atoms with Crippen molar-refractivity contribution in [2.45, 2.75) is 19.4 Å². The molecular weight excluding hydrogens is 390 g/mol. The topological polar surface area (TPSA) is 55.1 Å². The Hall–Kier alpha value is -2.73. The molecule has 0 bridgehead atoms. The normalized spacial score (nSPS) is 12.2. The van der Waals surface area contributed by atoms with E-state index in [1.54, 1.807) is 12.4 Å². The van der Waals surface area contributed by atoms with Crippen LogP contribution in [-0.4, -0.2) is 19.6 Å². The second kappa shape index (κ2) is 7.25. The molecule has 1 atom stereocenters. The average Bonchev–Trinajstić information content (AvgIpc) is 3.08. The quantitative estimate of drug-likeness (QED) is 0.522. The number of rotatable bonds is 5. The number of benzene rings is 1. The van der Waals surface area contributed by atoms with Gasteiger partial charge in [0.2, 0.25) is 0 Å². The number of hydrogen-bond donors (Lipinski definition) is 1. The lowest BCUT2D eigenvalue weighted by Gasteiger charge is -2.15. The van der Waals surface area contributed by atoms with Crippen LogP contribution in [0.15, 0.2) is 71.6 Å². The van der Waals surface area contributed by atoms with E-state index in [4.69, 9.17) is 4.98 Å². The van der Waals surface area contributed by atoms with Crippen molar-refractivity contribution in [1.29, 1.82) is 0 Å². The number of fused-ring (bicyclic) bond motifs is 1. The highest BCUT2D eigenvalue weighted by Crippen LogP contribution is 2.27. The van der Waals surface area contributed by atoms with E-state index in [2.05, 4.69) is 68.6 Å². The van der Waals surface area contributed by atoms with E-state index in [9.17, 15) is 0 Å².